The lowest BCUT2D eigenvalue weighted by atomic mass is 10.1. The summed E-state index contributed by atoms with van der Waals surface area (Å²) in [6.45, 7) is 6.66. The smallest absolute Gasteiger partial charge is 0.243 e. The Kier molecular flexibility index (Phi) is 5.63. The molecule has 0 spiro atoms. The molecule has 1 saturated heterocycles. The summed E-state index contributed by atoms with van der Waals surface area (Å²) in [4.78, 5) is 2.72. The van der Waals surface area contributed by atoms with E-state index in [-0.39, 0.29) is 6.04 Å². The fourth-order valence-electron chi connectivity index (χ4n) is 3.14. The summed E-state index contributed by atoms with van der Waals surface area (Å²) in [7, 11) is -3.40. The van der Waals surface area contributed by atoms with Crippen LogP contribution >= 0.6 is 15.9 Å². The van der Waals surface area contributed by atoms with Gasteiger partial charge in [0.05, 0.1) is 4.90 Å². The predicted octanol–water partition coefficient (Wildman–Crippen LogP) is 3.83. The number of benzene rings is 2. The lowest BCUT2D eigenvalue weighted by molar-refractivity contribution is 0.146. The second-order valence-electron chi connectivity index (χ2n) is 6.48. The van der Waals surface area contributed by atoms with Gasteiger partial charge in [0, 0.05) is 36.7 Å². The van der Waals surface area contributed by atoms with E-state index >= 15 is 0 Å². The lowest BCUT2D eigenvalue weighted by Crippen LogP contribution is -2.49. The van der Waals surface area contributed by atoms with E-state index in [1.54, 1.807) is 16.4 Å². The average molecular weight is 423 g/mol. The quantitative estimate of drug-likeness (QED) is 0.751. The molecule has 0 radical (unpaired) electrons. The van der Waals surface area contributed by atoms with E-state index in [4.69, 9.17) is 0 Å². The van der Waals surface area contributed by atoms with Crippen molar-refractivity contribution in [2.75, 3.05) is 26.2 Å². The largest absolute Gasteiger partial charge is 0.294 e. The van der Waals surface area contributed by atoms with Crippen molar-refractivity contribution in [1.82, 2.24) is 9.21 Å². The molecule has 0 aromatic heterocycles. The Morgan fingerprint density at radius 2 is 1.48 bits per heavy atom. The molecule has 25 heavy (non-hydrogen) atoms. The van der Waals surface area contributed by atoms with E-state index in [9.17, 15) is 8.42 Å². The van der Waals surface area contributed by atoms with E-state index in [1.165, 1.54) is 5.56 Å². The van der Waals surface area contributed by atoms with Crippen LogP contribution in [0, 0.1) is 6.92 Å². The number of hydrogen-bond donors (Lipinski definition) is 0. The van der Waals surface area contributed by atoms with Gasteiger partial charge in [0.25, 0.3) is 0 Å². The highest BCUT2D eigenvalue weighted by Gasteiger charge is 2.30. The molecule has 0 amide bonds. The molecule has 1 fully saturated rings. The molecule has 0 bridgehead atoms. The van der Waals surface area contributed by atoms with Crippen molar-refractivity contribution >= 4 is 26.0 Å². The zero-order valence-electron chi connectivity index (χ0n) is 14.5. The highest BCUT2D eigenvalue weighted by Crippen LogP contribution is 2.25. The van der Waals surface area contributed by atoms with Gasteiger partial charge in [-0.2, -0.15) is 4.31 Å². The molecule has 1 aliphatic heterocycles. The second-order valence-corrected chi connectivity index (χ2v) is 9.33. The summed E-state index contributed by atoms with van der Waals surface area (Å²) in [5.41, 5.74) is 2.31. The van der Waals surface area contributed by atoms with Crippen molar-refractivity contribution in [1.29, 1.82) is 0 Å². The summed E-state index contributed by atoms with van der Waals surface area (Å²) in [5.74, 6) is 0. The standard InChI is InChI=1S/C19H23BrN2O2S/c1-15-3-9-19(10-4-15)25(23,24)22-13-11-21(12-14-22)16(2)17-5-7-18(20)8-6-17/h3-10,16H,11-14H2,1-2H3. The van der Waals surface area contributed by atoms with E-state index in [2.05, 4.69) is 39.9 Å². The molecule has 0 N–H and O–H groups in total. The molecule has 3 rings (SSSR count). The Labute approximate surface area is 158 Å². The third-order valence-electron chi connectivity index (χ3n) is 4.83. The highest BCUT2D eigenvalue weighted by atomic mass is 79.9. The van der Waals surface area contributed by atoms with E-state index in [0.717, 1.165) is 23.1 Å². The van der Waals surface area contributed by atoms with Crippen LogP contribution in [0.5, 0.6) is 0 Å². The number of halogens is 1. The van der Waals surface area contributed by atoms with E-state index < -0.39 is 10.0 Å². The number of rotatable bonds is 4. The van der Waals surface area contributed by atoms with Gasteiger partial charge in [-0.3, -0.25) is 4.90 Å². The minimum Gasteiger partial charge on any atom is -0.294 e. The van der Waals surface area contributed by atoms with Gasteiger partial charge in [-0.05, 0) is 43.7 Å². The SMILES string of the molecule is Cc1ccc(S(=O)(=O)N2CCN(C(C)c3ccc(Br)cc3)CC2)cc1. The second kappa shape index (κ2) is 7.58. The third-order valence-corrected chi connectivity index (χ3v) is 7.27. The van der Waals surface area contributed by atoms with Crippen LogP contribution < -0.4 is 0 Å². The molecule has 6 heteroatoms. The van der Waals surface area contributed by atoms with Crippen molar-refractivity contribution in [3.63, 3.8) is 0 Å². The van der Waals surface area contributed by atoms with Gasteiger partial charge in [0.1, 0.15) is 0 Å². The molecule has 4 nitrogen and oxygen atoms in total. The van der Waals surface area contributed by atoms with Crippen molar-refractivity contribution in [2.45, 2.75) is 24.8 Å². The zero-order valence-corrected chi connectivity index (χ0v) is 16.9. The fourth-order valence-corrected chi connectivity index (χ4v) is 4.83. The molecular formula is C19H23BrN2O2S. The molecule has 1 heterocycles. The Balaban J connectivity index is 1.67. The minimum atomic E-state index is -3.40. The summed E-state index contributed by atoms with van der Waals surface area (Å²) < 4.78 is 28.2. The van der Waals surface area contributed by atoms with Gasteiger partial charge in [-0.15, -0.1) is 0 Å². The van der Waals surface area contributed by atoms with Crippen molar-refractivity contribution in [2.24, 2.45) is 0 Å². The maximum absolute atomic E-state index is 12.8. The Morgan fingerprint density at radius 1 is 0.920 bits per heavy atom. The van der Waals surface area contributed by atoms with Gasteiger partial charge in [-0.1, -0.05) is 45.8 Å². The van der Waals surface area contributed by atoms with Gasteiger partial charge in [-0.25, -0.2) is 8.42 Å². The van der Waals surface area contributed by atoms with Crippen molar-refractivity contribution in [3.8, 4) is 0 Å². The predicted molar refractivity (Wildman–Crippen MR) is 104 cm³/mol. The third kappa shape index (κ3) is 4.14. The normalized spacial score (nSPS) is 18.2. The monoisotopic (exact) mass is 422 g/mol. The van der Waals surface area contributed by atoms with Crippen LogP contribution in [0.1, 0.15) is 24.1 Å². The van der Waals surface area contributed by atoms with Crippen LogP contribution in [-0.2, 0) is 10.0 Å². The Morgan fingerprint density at radius 3 is 2.04 bits per heavy atom. The number of nitrogens with zero attached hydrogens (tertiary/aromatic N) is 2. The Bertz CT molecular complexity index is 812. The number of sulfonamides is 1. The van der Waals surface area contributed by atoms with Gasteiger partial charge < -0.3 is 0 Å². The van der Waals surface area contributed by atoms with Crippen LogP contribution in [0.3, 0.4) is 0 Å². The molecule has 0 saturated carbocycles. The van der Waals surface area contributed by atoms with Crippen LogP contribution in [0.2, 0.25) is 0 Å². The molecule has 1 aliphatic rings. The van der Waals surface area contributed by atoms with E-state index in [1.807, 2.05) is 31.2 Å². The van der Waals surface area contributed by atoms with Crippen LogP contribution in [0.4, 0.5) is 0 Å². The first-order valence-corrected chi connectivity index (χ1v) is 10.7. The molecule has 1 unspecified atom stereocenters. The highest BCUT2D eigenvalue weighted by molar-refractivity contribution is 9.10. The minimum absolute atomic E-state index is 0.275. The summed E-state index contributed by atoms with van der Waals surface area (Å²) >= 11 is 3.46. The topological polar surface area (TPSA) is 40.6 Å². The number of piperazine rings is 1. The van der Waals surface area contributed by atoms with Gasteiger partial charge in [0.15, 0.2) is 0 Å². The summed E-state index contributed by atoms with van der Waals surface area (Å²) in [6.07, 6.45) is 0. The summed E-state index contributed by atoms with van der Waals surface area (Å²) in [5, 5.41) is 0. The first-order chi connectivity index (χ1) is 11.9. The first kappa shape index (κ1) is 18.6. The van der Waals surface area contributed by atoms with Crippen molar-refractivity contribution < 1.29 is 8.42 Å². The van der Waals surface area contributed by atoms with Gasteiger partial charge >= 0.3 is 0 Å². The molecule has 134 valence electrons. The average Bonchev–Trinajstić information content (AvgIpc) is 2.62. The molecule has 0 aliphatic carbocycles. The number of hydrogen-bond acceptors (Lipinski definition) is 3. The van der Waals surface area contributed by atoms with Gasteiger partial charge in [0.2, 0.25) is 10.0 Å². The molecule has 2 aromatic rings. The van der Waals surface area contributed by atoms with Crippen LogP contribution in [-0.4, -0.2) is 43.8 Å². The number of aryl methyl sites for hydroxylation is 1. The maximum Gasteiger partial charge on any atom is 0.243 e. The van der Waals surface area contributed by atoms with Crippen molar-refractivity contribution in [3.05, 3.63) is 64.1 Å². The zero-order chi connectivity index (χ0) is 18.0. The molecule has 1 atom stereocenters. The fraction of sp³-hybridized carbons (Fsp3) is 0.368. The van der Waals surface area contributed by atoms with Crippen LogP contribution in [0.15, 0.2) is 57.9 Å². The molecular weight excluding hydrogens is 400 g/mol. The van der Waals surface area contributed by atoms with E-state index in [0.29, 0.717) is 18.0 Å². The molecule has 2 aromatic carbocycles. The Hall–Kier alpha value is -1.21. The first-order valence-electron chi connectivity index (χ1n) is 8.44. The maximum atomic E-state index is 12.8. The summed E-state index contributed by atoms with van der Waals surface area (Å²) in [6, 6.07) is 15.7. The lowest BCUT2D eigenvalue weighted by Gasteiger charge is -2.37. The van der Waals surface area contributed by atoms with Crippen LogP contribution in [0.25, 0.3) is 0 Å².